The molecule has 0 amide bonds. The minimum atomic E-state index is -1.76. The first-order chi connectivity index (χ1) is 11.6. The lowest BCUT2D eigenvalue weighted by Crippen LogP contribution is -2.69. The van der Waals surface area contributed by atoms with Gasteiger partial charge in [-0.15, -0.1) is 0 Å². The van der Waals surface area contributed by atoms with Crippen molar-refractivity contribution in [1.29, 1.82) is 0 Å². The van der Waals surface area contributed by atoms with Crippen LogP contribution < -0.4 is 0 Å². The molecule has 2 fully saturated rings. The van der Waals surface area contributed by atoms with Crippen LogP contribution in [0.15, 0.2) is 22.8 Å². The summed E-state index contributed by atoms with van der Waals surface area (Å²) < 4.78 is 16.7. The smallest absolute Gasteiger partial charge is 0.155 e. The summed E-state index contributed by atoms with van der Waals surface area (Å²) in [6.45, 7) is 3.81. The minimum absolute atomic E-state index is 0.0607. The molecule has 4 rings (SSSR count). The quantitative estimate of drug-likeness (QED) is 0.685. The molecule has 0 spiro atoms. The van der Waals surface area contributed by atoms with E-state index in [4.69, 9.17) is 11.6 Å². The van der Waals surface area contributed by atoms with Crippen LogP contribution in [-0.4, -0.2) is 33.9 Å². The lowest BCUT2D eigenvalue weighted by atomic mass is 9.43. The summed E-state index contributed by atoms with van der Waals surface area (Å²) in [6, 6.07) is 0. The van der Waals surface area contributed by atoms with Crippen LogP contribution >= 0.6 is 11.6 Å². The Balaban J connectivity index is 1.82. The Labute approximate surface area is 152 Å². The van der Waals surface area contributed by atoms with Crippen LogP contribution in [-0.2, 0) is 4.79 Å². The molecule has 0 bridgehead atoms. The number of hydrogen-bond acceptors (Lipinski definition) is 3. The van der Waals surface area contributed by atoms with Gasteiger partial charge in [-0.1, -0.05) is 37.1 Å². The summed E-state index contributed by atoms with van der Waals surface area (Å²) in [4.78, 5) is 11.8. The van der Waals surface area contributed by atoms with Crippen molar-refractivity contribution in [3.8, 4) is 0 Å². The van der Waals surface area contributed by atoms with Crippen LogP contribution in [0.1, 0.15) is 52.4 Å². The number of ketones is 1. The summed E-state index contributed by atoms with van der Waals surface area (Å²) in [7, 11) is 0. The van der Waals surface area contributed by atoms with Gasteiger partial charge in [-0.05, 0) is 44.1 Å². The molecular formula is C20H26ClFO3. The molecular weight excluding hydrogens is 343 g/mol. The van der Waals surface area contributed by atoms with E-state index in [1.807, 2.05) is 19.9 Å². The zero-order chi connectivity index (χ0) is 18.2. The maximum atomic E-state index is 16.7. The summed E-state index contributed by atoms with van der Waals surface area (Å²) in [5.74, 6) is -0.339. The minimum Gasteiger partial charge on any atom is -0.390 e. The van der Waals surface area contributed by atoms with Gasteiger partial charge in [0.1, 0.15) is 5.67 Å². The number of aliphatic hydroxyl groups excluding tert-OH is 2. The number of fused-ring (bicyclic) bond motifs is 5. The molecule has 0 aromatic heterocycles. The third kappa shape index (κ3) is 2.08. The molecule has 7 atom stereocenters. The molecule has 4 aliphatic carbocycles. The van der Waals surface area contributed by atoms with Crippen molar-refractivity contribution in [2.45, 2.75) is 70.2 Å². The fourth-order valence-electron chi connectivity index (χ4n) is 6.37. The predicted octanol–water partition coefficient (Wildman–Crippen LogP) is 3.67. The number of hydrogen-bond donors (Lipinski definition) is 2. The average Bonchev–Trinajstić information content (AvgIpc) is 2.55. The fraction of sp³-hybridized carbons (Fsp3) is 0.750. The molecule has 2 N–H and O–H groups in total. The summed E-state index contributed by atoms with van der Waals surface area (Å²) in [5, 5.41) is 22.1. The Morgan fingerprint density at radius 3 is 2.68 bits per heavy atom. The fourth-order valence-corrected chi connectivity index (χ4v) is 6.71. The SMILES string of the molecule is C[C@]12C[C@H](O)[C@@]3(F)[C@@H](CCC4=CC(=O)CC[C@@]43C)[C@@H]1CC=C(Cl)[C@@H]2O. The van der Waals surface area contributed by atoms with Crippen LogP contribution in [0.4, 0.5) is 4.39 Å². The summed E-state index contributed by atoms with van der Waals surface area (Å²) >= 11 is 6.18. The highest BCUT2D eigenvalue weighted by Gasteiger charge is 2.70. The number of allylic oxidation sites excluding steroid dienone is 3. The Morgan fingerprint density at radius 1 is 1.24 bits per heavy atom. The molecule has 0 radical (unpaired) electrons. The van der Waals surface area contributed by atoms with E-state index in [1.54, 1.807) is 6.08 Å². The van der Waals surface area contributed by atoms with Gasteiger partial charge in [0, 0.05) is 28.2 Å². The highest BCUT2D eigenvalue weighted by Crippen LogP contribution is 2.67. The van der Waals surface area contributed by atoms with E-state index < -0.39 is 28.7 Å². The number of alkyl halides is 1. The second-order valence-corrected chi connectivity index (χ2v) is 9.38. The van der Waals surface area contributed by atoms with Gasteiger partial charge < -0.3 is 10.2 Å². The molecule has 3 nitrogen and oxygen atoms in total. The van der Waals surface area contributed by atoms with Gasteiger partial charge in [0.05, 0.1) is 12.2 Å². The molecule has 0 heterocycles. The van der Waals surface area contributed by atoms with Crippen molar-refractivity contribution in [2.75, 3.05) is 0 Å². The molecule has 25 heavy (non-hydrogen) atoms. The first-order valence-electron chi connectivity index (χ1n) is 9.29. The number of carbonyl (C=O) groups is 1. The van der Waals surface area contributed by atoms with Crippen molar-refractivity contribution < 1.29 is 19.4 Å². The highest BCUT2D eigenvalue weighted by molar-refractivity contribution is 6.30. The standard InChI is InChI=1S/C20H26ClFO3/c1-18-10-16(24)20(22)14(13(18)5-6-15(21)17(18)25)4-3-11-9-12(23)7-8-19(11,20)2/h6,9,13-14,16-17,24-25H,3-5,7-8,10H2,1-2H3/t13-,14-,16-,17-,18-,19-,20-/m0/s1. The molecule has 0 unspecified atom stereocenters. The highest BCUT2D eigenvalue weighted by atomic mass is 35.5. The third-order valence-corrected chi connectivity index (χ3v) is 8.29. The van der Waals surface area contributed by atoms with Crippen LogP contribution in [0.25, 0.3) is 0 Å². The van der Waals surface area contributed by atoms with Crippen LogP contribution in [0.3, 0.4) is 0 Å². The van der Waals surface area contributed by atoms with Gasteiger partial charge in [-0.3, -0.25) is 4.79 Å². The van der Waals surface area contributed by atoms with Crippen molar-refractivity contribution in [2.24, 2.45) is 22.7 Å². The first kappa shape index (κ1) is 17.7. The van der Waals surface area contributed by atoms with E-state index in [-0.39, 0.29) is 24.0 Å². The van der Waals surface area contributed by atoms with Gasteiger partial charge >= 0.3 is 0 Å². The molecule has 2 saturated carbocycles. The van der Waals surface area contributed by atoms with Gasteiger partial charge in [0.2, 0.25) is 0 Å². The topological polar surface area (TPSA) is 57.5 Å². The van der Waals surface area contributed by atoms with Crippen molar-refractivity contribution in [1.82, 2.24) is 0 Å². The van der Waals surface area contributed by atoms with E-state index in [1.165, 1.54) is 0 Å². The van der Waals surface area contributed by atoms with E-state index in [2.05, 4.69) is 0 Å². The Morgan fingerprint density at radius 2 is 1.96 bits per heavy atom. The Hall–Kier alpha value is -0.710. The van der Waals surface area contributed by atoms with E-state index in [0.717, 1.165) is 5.57 Å². The third-order valence-electron chi connectivity index (χ3n) is 7.93. The summed E-state index contributed by atoms with van der Waals surface area (Å²) in [5.41, 5.74) is -2.33. The number of aliphatic hydroxyl groups is 2. The molecule has 4 aliphatic rings. The molecule has 138 valence electrons. The zero-order valence-corrected chi connectivity index (χ0v) is 15.5. The van der Waals surface area contributed by atoms with Gasteiger partial charge in [-0.2, -0.15) is 0 Å². The number of halogens is 2. The largest absolute Gasteiger partial charge is 0.390 e. The lowest BCUT2D eigenvalue weighted by molar-refractivity contribution is -0.223. The zero-order valence-electron chi connectivity index (χ0n) is 14.8. The van der Waals surface area contributed by atoms with E-state index in [9.17, 15) is 15.0 Å². The molecule has 0 saturated heterocycles. The van der Waals surface area contributed by atoms with Crippen molar-refractivity contribution >= 4 is 17.4 Å². The monoisotopic (exact) mass is 368 g/mol. The second-order valence-electron chi connectivity index (χ2n) is 8.94. The number of carbonyl (C=O) groups excluding carboxylic acids is 1. The maximum Gasteiger partial charge on any atom is 0.155 e. The van der Waals surface area contributed by atoms with E-state index in [0.29, 0.717) is 37.1 Å². The average molecular weight is 369 g/mol. The Kier molecular flexibility index (Phi) is 3.82. The predicted molar refractivity (Wildman–Crippen MR) is 93.8 cm³/mol. The van der Waals surface area contributed by atoms with Crippen LogP contribution in [0.2, 0.25) is 0 Å². The normalized spacial score (nSPS) is 52.5. The Bertz CT molecular complexity index is 688. The maximum absolute atomic E-state index is 16.7. The van der Waals surface area contributed by atoms with Gasteiger partial charge in [0.15, 0.2) is 5.78 Å². The molecule has 0 aliphatic heterocycles. The first-order valence-corrected chi connectivity index (χ1v) is 9.67. The van der Waals surface area contributed by atoms with Crippen LogP contribution in [0.5, 0.6) is 0 Å². The van der Waals surface area contributed by atoms with Gasteiger partial charge in [0.25, 0.3) is 0 Å². The van der Waals surface area contributed by atoms with Crippen molar-refractivity contribution in [3.63, 3.8) is 0 Å². The summed E-state index contributed by atoms with van der Waals surface area (Å²) in [6.07, 6.45) is 4.29. The molecule has 0 aromatic carbocycles. The second kappa shape index (κ2) is 5.40. The van der Waals surface area contributed by atoms with Crippen LogP contribution in [0, 0.1) is 22.7 Å². The number of rotatable bonds is 0. The molecule has 5 heteroatoms. The van der Waals surface area contributed by atoms with Gasteiger partial charge in [-0.25, -0.2) is 4.39 Å². The lowest BCUT2D eigenvalue weighted by Gasteiger charge is -2.64. The van der Waals surface area contributed by atoms with Crippen molar-refractivity contribution in [3.05, 3.63) is 22.8 Å². The van der Waals surface area contributed by atoms with E-state index >= 15 is 4.39 Å². The molecule has 0 aromatic rings.